The van der Waals surface area contributed by atoms with Crippen LogP contribution >= 0.6 is 0 Å². The zero-order valence-corrected chi connectivity index (χ0v) is 13.2. The molecule has 0 amide bonds. The van der Waals surface area contributed by atoms with Crippen LogP contribution in [0.25, 0.3) is 11.1 Å². The lowest BCUT2D eigenvalue weighted by atomic mass is 9.82. The topological polar surface area (TPSA) is 89.1 Å². The van der Waals surface area contributed by atoms with E-state index in [2.05, 4.69) is 53.1 Å². The van der Waals surface area contributed by atoms with Gasteiger partial charge in [-0.15, -0.1) is 0 Å². The minimum atomic E-state index is -0.118. The lowest BCUT2D eigenvalue weighted by Gasteiger charge is -2.21. The monoisotopic (exact) mass is 305 g/mol. The normalized spacial score (nSPS) is 15.6. The maximum absolute atomic E-state index is 5.41. The first-order chi connectivity index (χ1) is 11.1. The average Bonchev–Trinajstić information content (AvgIpc) is 2.76. The Bertz CT molecular complexity index is 831. The van der Waals surface area contributed by atoms with Crippen molar-refractivity contribution in [1.82, 2.24) is 0 Å². The van der Waals surface area contributed by atoms with Crippen LogP contribution in [-0.2, 0) is 5.41 Å². The van der Waals surface area contributed by atoms with Crippen LogP contribution < -0.4 is 11.5 Å². The molecule has 0 fully saturated rings. The highest BCUT2D eigenvalue weighted by Gasteiger charge is 2.35. The van der Waals surface area contributed by atoms with E-state index >= 15 is 0 Å². The van der Waals surface area contributed by atoms with Gasteiger partial charge in [-0.1, -0.05) is 26.0 Å². The minimum Gasteiger partial charge on any atom is -0.390 e. The van der Waals surface area contributed by atoms with Crippen LogP contribution in [0.3, 0.4) is 0 Å². The quantitative estimate of drug-likeness (QED) is 0.673. The molecule has 2 aromatic carbocycles. The standard InChI is InChI=1S/C18H19N5/c1-18(2)16-7-12(22-10-20)3-5-14(16)15-6-4-13(8-17(15)18)23-11-21-9-19/h3-11H,1-2H3,(H2,20,22)(H2,19,21,23). The van der Waals surface area contributed by atoms with Gasteiger partial charge in [0.2, 0.25) is 0 Å². The molecule has 0 heterocycles. The fourth-order valence-corrected chi connectivity index (χ4v) is 3.10. The van der Waals surface area contributed by atoms with Gasteiger partial charge in [-0.2, -0.15) is 0 Å². The average molecular weight is 305 g/mol. The number of nitrogens with zero attached hydrogens (tertiary/aromatic N) is 3. The first-order valence-corrected chi connectivity index (χ1v) is 7.37. The minimum absolute atomic E-state index is 0.118. The maximum atomic E-state index is 5.41. The van der Waals surface area contributed by atoms with E-state index in [0.717, 1.165) is 11.4 Å². The third-order valence-electron chi connectivity index (χ3n) is 4.23. The number of aliphatic imine (C=N–C) groups is 3. The van der Waals surface area contributed by atoms with E-state index in [1.807, 2.05) is 12.1 Å². The summed E-state index contributed by atoms with van der Waals surface area (Å²) in [5.41, 5.74) is 17.2. The largest absolute Gasteiger partial charge is 0.390 e. The van der Waals surface area contributed by atoms with Crippen LogP contribution in [-0.4, -0.2) is 19.0 Å². The summed E-state index contributed by atoms with van der Waals surface area (Å²) >= 11 is 0. The van der Waals surface area contributed by atoms with Crippen molar-refractivity contribution in [3.05, 3.63) is 47.5 Å². The number of hydrogen-bond donors (Lipinski definition) is 2. The molecule has 0 aliphatic heterocycles. The van der Waals surface area contributed by atoms with Crippen molar-refractivity contribution in [2.24, 2.45) is 26.4 Å². The lowest BCUT2D eigenvalue weighted by Crippen LogP contribution is -2.14. The zero-order valence-electron chi connectivity index (χ0n) is 13.2. The fraction of sp³-hybridized carbons (Fsp3) is 0.167. The van der Waals surface area contributed by atoms with Gasteiger partial charge in [0.05, 0.1) is 24.1 Å². The van der Waals surface area contributed by atoms with E-state index in [1.165, 1.54) is 41.3 Å². The smallest absolute Gasteiger partial charge is 0.117 e. The highest BCUT2D eigenvalue weighted by molar-refractivity contribution is 5.84. The Morgan fingerprint density at radius 2 is 1.39 bits per heavy atom. The van der Waals surface area contributed by atoms with Crippen molar-refractivity contribution in [3.8, 4) is 11.1 Å². The molecule has 0 unspecified atom stereocenters. The molecule has 5 heteroatoms. The lowest BCUT2D eigenvalue weighted by molar-refractivity contribution is 0.660. The fourth-order valence-electron chi connectivity index (χ4n) is 3.10. The van der Waals surface area contributed by atoms with Crippen molar-refractivity contribution in [2.75, 3.05) is 0 Å². The second-order valence-corrected chi connectivity index (χ2v) is 5.91. The van der Waals surface area contributed by atoms with Crippen LogP contribution in [0, 0.1) is 0 Å². The molecule has 116 valence electrons. The summed E-state index contributed by atoms with van der Waals surface area (Å²) in [6, 6.07) is 12.4. The highest BCUT2D eigenvalue weighted by Crippen LogP contribution is 2.50. The molecule has 23 heavy (non-hydrogen) atoms. The van der Waals surface area contributed by atoms with E-state index in [1.54, 1.807) is 0 Å². The molecule has 0 aromatic heterocycles. The highest BCUT2D eigenvalue weighted by atomic mass is 14.9. The van der Waals surface area contributed by atoms with Gasteiger partial charge in [0.1, 0.15) is 6.34 Å². The molecule has 4 N–H and O–H groups in total. The Balaban J connectivity index is 2.11. The first-order valence-electron chi connectivity index (χ1n) is 7.37. The summed E-state index contributed by atoms with van der Waals surface area (Å²) in [4.78, 5) is 12.3. The van der Waals surface area contributed by atoms with Crippen molar-refractivity contribution in [2.45, 2.75) is 19.3 Å². The third kappa shape index (κ3) is 2.50. The van der Waals surface area contributed by atoms with Crippen molar-refractivity contribution < 1.29 is 0 Å². The molecule has 2 aromatic rings. The molecule has 5 nitrogen and oxygen atoms in total. The van der Waals surface area contributed by atoms with Gasteiger partial charge in [-0.25, -0.2) is 15.0 Å². The molecule has 1 aliphatic rings. The second-order valence-electron chi connectivity index (χ2n) is 5.91. The SMILES string of the molecule is CC1(C)c2cc(N=CN)ccc2-c2ccc(N=CN=CN)cc21. The maximum Gasteiger partial charge on any atom is 0.117 e. The van der Waals surface area contributed by atoms with E-state index in [-0.39, 0.29) is 5.41 Å². The predicted molar refractivity (Wildman–Crippen MR) is 97.2 cm³/mol. The number of fused-ring (bicyclic) bond motifs is 3. The number of rotatable bonds is 3. The van der Waals surface area contributed by atoms with Gasteiger partial charge < -0.3 is 11.5 Å². The van der Waals surface area contributed by atoms with Crippen molar-refractivity contribution in [3.63, 3.8) is 0 Å². The Hall–Kier alpha value is -2.95. The third-order valence-corrected chi connectivity index (χ3v) is 4.23. The molecular weight excluding hydrogens is 286 g/mol. The second kappa shape index (κ2) is 5.68. The first kappa shape index (κ1) is 15.0. The molecule has 0 spiro atoms. The van der Waals surface area contributed by atoms with Gasteiger partial charge in [0.15, 0.2) is 0 Å². The van der Waals surface area contributed by atoms with Crippen molar-refractivity contribution in [1.29, 1.82) is 0 Å². The predicted octanol–water partition coefficient (Wildman–Crippen LogP) is 3.26. The van der Waals surface area contributed by atoms with Crippen LogP contribution in [0.2, 0.25) is 0 Å². The Labute approximate surface area is 135 Å². The molecule has 0 radical (unpaired) electrons. The molecule has 0 bridgehead atoms. The summed E-state index contributed by atoms with van der Waals surface area (Å²) in [5, 5.41) is 0. The van der Waals surface area contributed by atoms with Gasteiger partial charge >= 0.3 is 0 Å². The van der Waals surface area contributed by atoms with Crippen molar-refractivity contribution >= 4 is 30.4 Å². The van der Waals surface area contributed by atoms with Gasteiger partial charge in [-0.3, -0.25) is 0 Å². The summed E-state index contributed by atoms with van der Waals surface area (Å²) in [7, 11) is 0. The molecule has 0 saturated heterocycles. The molecule has 1 aliphatic carbocycles. The van der Waals surface area contributed by atoms with E-state index < -0.39 is 0 Å². The molecule has 0 saturated carbocycles. The Kier molecular flexibility index (Phi) is 3.70. The molecule has 0 atom stereocenters. The molecule has 3 rings (SSSR count). The van der Waals surface area contributed by atoms with Gasteiger partial charge in [-0.05, 0) is 46.5 Å². The van der Waals surface area contributed by atoms with E-state index in [9.17, 15) is 0 Å². The summed E-state index contributed by atoms with van der Waals surface area (Å²) in [5.74, 6) is 0. The van der Waals surface area contributed by atoms with E-state index in [4.69, 9.17) is 11.5 Å². The van der Waals surface area contributed by atoms with Gasteiger partial charge in [0.25, 0.3) is 0 Å². The summed E-state index contributed by atoms with van der Waals surface area (Å²) in [6.07, 6.45) is 3.99. The number of nitrogens with two attached hydrogens (primary N) is 2. The molecular formula is C18H19N5. The summed E-state index contributed by atoms with van der Waals surface area (Å²) in [6.45, 7) is 4.41. The van der Waals surface area contributed by atoms with Crippen LogP contribution in [0.1, 0.15) is 25.0 Å². The Morgan fingerprint density at radius 1 is 0.826 bits per heavy atom. The van der Waals surface area contributed by atoms with E-state index in [0.29, 0.717) is 0 Å². The number of benzene rings is 2. The van der Waals surface area contributed by atoms with Crippen LogP contribution in [0.4, 0.5) is 11.4 Å². The Morgan fingerprint density at radius 3 is 1.91 bits per heavy atom. The summed E-state index contributed by atoms with van der Waals surface area (Å²) < 4.78 is 0. The van der Waals surface area contributed by atoms with Crippen LogP contribution in [0.15, 0.2) is 51.4 Å². The number of hydrogen-bond acceptors (Lipinski definition) is 2. The van der Waals surface area contributed by atoms with Gasteiger partial charge in [0, 0.05) is 5.41 Å². The van der Waals surface area contributed by atoms with Crippen LogP contribution in [0.5, 0.6) is 0 Å². The zero-order chi connectivity index (χ0) is 16.4.